The van der Waals surface area contributed by atoms with E-state index in [1.54, 1.807) is 0 Å². The van der Waals surface area contributed by atoms with E-state index in [9.17, 15) is 15.3 Å². The summed E-state index contributed by atoms with van der Waals surface area (Å²) < 4.78 is 4.93. The van der Waals surface area contributed by atoms with E-state index >= 15 is 0 Å². The van der Waals surface area contributed by atoms with Crippen LogP contribution in [0.25, 0.3) is 0 Å². The van der Waals surface area contributed by atoms with E-state index in [1.807, 2.05) is 0 Å². The third-order valence-corrected chi connectivity index (χ3v) is 2.06. The van der Waals surface area contributed by atoms with Gasteiger partial charge in [-0.1, -0.05) is 0 Å². The number of hydrazine groups is 1. The molecule has 0 spiro atoms. The molecule has 1 heterocycles. The first-order chi connectivity index (χ1) is 6.11. The summed E-state index contributed by atoms with van der Waals surface area (Å²) in [6.07, 6.45) is -5.95. The van der Waals surface area contributed by atoms with Gasteiger partial charge in [0.1, 0.15) is 30.6 Å². The van der Waals surface area contributed by atoms with Gasteiger partial charge in [-0.25, -0.2) is 5.43 Å². The fourth-order valence-corrected chi connectivity index (χ4v) is 1.24. The number of hydrogen-bond acceptors (Lipinski definition) is 7. The lowest BCUT2D eigenvalue weighted by Gasteiger charge is -2.39. The van der Waals surface area contributed by atoms with Crippen molar-refractivity contribution < 1.29 is 25.2 Å². The minimum atomic E-state index is -1.38. The van der Waals surface area contributed by atoms with Crippen LogP contribution in [0.4, 0.5) is 0 Å². The highest BCUT2D eigenvalue weighted by atomic mass is 16.6. The number of hydrogen-bond donors (Lipinski definition) is 6. The molecule has 7 heteroatoms. The first-order valence-corrected chi connectivity index (χ1v) is 3.88. The third-order valence-electron chi connectivity index (χ3n) is 2.06. The van der Waals surface area contributed by atoms with E-state index in [0.29, 0.717) is 0 Å². The van der Waals surface area contributed by atoms with Crippen LogP contribution in [0.5, 0.6) is 0 Å². The van der Waals surface area contributed by atoms with Gasteiger partial charge in [0.15, 0.2) is 0 Å². The Morgan fingerprint density at radius 3 is 2.23 bits per heavy atom. The molecule has 7 nitrogen and oxygen atoms in total. The lowest BCUT2D eigenvalue weighted by molar-refractivity contribution is -0.236. The number of aliphatic hydroxyl groups excluding tert-OH is 4. The Hall–Kier alpha value is -0.280. The van der Waals surface area contributed by atoms with Crippen molar-refractivity contribution in [2.45, 2.75) is 30.6 Å². The van der Waals surface area contributed by atoms with Gasteiger partial charge < -0.3 is 25.2 Å². The van der Waals surface area contributed by atoms with Crippen LogP contribution in [-0.4, -0.2) is 57.7 Å². The molecule has 1 fully saturated rings. The van der Waals surface area contributed by atoms with Crippen molar-refractivity contribution in [1.82, 2.24) is 5.43 Å². The van der Waals surface area contributed by atoms with Gasteiger partial charge in [-0.15, -0.1) is 0 Å². The second-order valence-electron chi connectivity index (χ2n) is 2.92. The smallest absolute Gasteiger partial charge is 0.149 e. The quantitative estimate of drug-likeness (QED) is 0.197. The van der Waals surface area contributed by atoms with Crippen LogP contribution >= 0.6 is 0 Å². The molecule has 1 aliphatic rings. The molecule has 0 bridgehead atoms. The molecule has 0 saturated carbocycles. The monoisotopic (exact) mass is 194 g/mol. The summed E-state index contributed by atoms with van der Waals surface area (Å²) in [5, 5.41) is 36.5. The SMILES string of the molecule is NNC1O[C@H](CO)[C@@H](O)[C@H](O)[C@@H]1O. The second-order valence-corrected chi connectivity index (χ2v) is 2.92. The van der Waals surface area contributed by atoms with Crippen molar-refractivity contribution >= 4 is 0 Å². The molecular weight excluding hydrogens is 180 g/mol. The molecule has 1 unspecified atom stereocenters. The normalized spacial score (nSPS) is 46.4. The van der Waals surface area contributed by atoms with E-state index in [-0.39, 0.29) is 0 Å². The maximum absolute atomic E-state index is 9.26. The standard InChI is InChI=1S/C6H14N2O5/c7-8-6-5(12)4(11)3(10)2(1-9)13-6/h2-6,8-12H,1,7H2/t2-,3-,4+,5+,6?/m1/s1. The molecule has 78 valence electrons. The molecule has 7 N–H and O–H groups in total. The maximum Gasteiger partial charge on any atom is 0.149 e. The lowest BCUT2D eigenvalue weighted by Crippen LogP contribution is -2.63. The molecular formula is C6H14N2O5. The zero-order valence-corrected chi connectivity index (χ0v) is 6.87. The van der Waals surface area contributed by atoms with E-state index in [2.05, 4.69) is 5.43 Å². The first-order valence-electron chi connectivity index (χ1n) is 3.88. The highest BCUT2D eigenvalue weighted by Gasteiger charge is 2.42. The summed E-state index contributed by atoms with van der Waals surface area (Å²) in [5.74, 6) is 5.01. The largest absolute Gasteiger partial charge is 0.394 e. The van der Waals surface area contributed by atoms with Crippen molar-refractivity contribution in [2.24, 2.45) is 5.84 Å². The molecule has 1 saturated heterocycles. The van der Waals surface area contributed by atoms with Crippen molar-refractivity contribution in [2.75, 3.05) is 6.61 Å². The minimum absolute atomic E-state index is 0.455. The summed E-state index contributed by atoms with van der Waals surface area (Å²) in [7, 11) is 0. The van der Waals surface area contributed by atoms with Crippen molar-refractivity contribution in [3.8, 4) is 0 Å². The summed E-state index contributed by atoms with van der Waals surface area (Å²) >= 11 is 0. The molecule has 0 amide bonds. The summed E-state index contributed by atoms with van der Waals surface area (Å²) in [6, 6.07) is 0. The minimum Gasteiger partial charge on any atom is -0.394 e. The molecule has 5 atom stereocenters. The predicted molar refractivity (Wildman–Crippen MR) is 41.1 cm³/mol. The molecule has 0 aromatic carbocycles. The van der Waals surface area contributed by atoms with Crippen LogP contribution in [0.3, 0.4) is 0 Å². The van der Waals surface area contributed by atoms with Gasteiger partial charge in [-0.2, -0.15) is 0 Å². The van der Waals surface area contributed by atoms with Crippen LogP contribution in [0.15, 0.2) is 0 Å². The highest BCUT2D eigenvalue weighted by Crippen LogP contribution is 2.18. The zero-order chi connectivity index (χ0) is 10.0. The van der Waals surface area contributed by atoms with Crippen molar-refractivity contribution in [3.05, 3.63) is 0 Å². The molecule has 1 aliphatic heterocycles. The Bertz CT molecular complexity index is 149. The Morgan fingerprint density at radius 1 is 1.15 bits per heavy atom. The Morgan fingerprint density at radius 2 is 1.77 bits per heavy atom. The Labute approximate surface area is 74.7 Å². The van der Waals surface area contributed by atoms with Crippen LogP contribution in [-0.2, 0) is 4.74 Å². The predicted octanol–water partition coefficient (Wildman–Crippen LogP) is -3.75. The van der Waals surface area contributed by atoms with Crippen LogP contribution in [0.1, 0.15) is 0 Å². The van der Waals surface area contributed by atoms with Gasteiger partial charge in [-0.05, 0) is 0 Å². The topological polar surface area (TPSA) is 128 Å². The van der Waals surface area contributed by atoms with Gasteiger partial charge >= 0.3 is 0 Å². The third kappa shape index (κ3) is 1.97. The van der Waals surface area contributed by atoms with Gasteiger partial charge in [0.05, 0.1) is 6.61 Å². The summed E-state index contributed by atoms with van der Waals surface area (Å²) in [4.78, 5) is 0. The van der Waals surface area contributed by atoms with Crippen LogP contribution < -0.4 is 11.3 Å². The fourth-order valence-electron chi connectivity index (χ4n) is 1.24. The van der Waals surface area contributed by atoms with Crippen molar-refractivity contribution in [3.63, 3.8) is 0 Å². The van der Waals surface area contributed by atoms with Gasteiger partial charge in [0.25, 0.3) is 0 Å². The Kier molecular flexibility index (Phi) is 3.56. The number of nitrogens with one attached hydrogen (secondary N) is 1. The second kappa shape index (κ2) is 4.29. The Balaban J connectivity index is 2.66. The highest BCUT2D eigenvalue weighted by molar-refractivity contribution is 4.90. The number of ether oxygens (including phenoxy) is 1. The van der Waals surface area contributed by atoms with E-state index in [1.165, 1.54) is 0 Å². The molecule has 0 aliphatic carbocycles. The van der Waals surface area contributed by atoms with Crippen molar-refractivity contribution in [1.29, 1.82) is 0 Å². The molecule has 1 rings (SSSR count). The average molecular weight is 194 g/mol. The van der Waals surface area contributed by atoms with E-state index in [4.69, 9.17) is 15.7 Å². The first kappa shape index (κ1) is 10.8. The van der Waals surface area contributed by atoms with Crippen LogP contribution in [0, 0.1) is 0 Å². The average Bonchev–Trinajstić information content (AvgIpc) is 2.15. The fraction of sp³-hybridized carbons (Fsp3) is 1.00. The lowest BCUT2D eigenvalue weighted by atomic mass is 9.99. The summed E-state index contributed by atoms with van der Waals surface area (Å²) in [6.45, 7) is -0.455. The number of rotatable bonds is 2. The maximum atomic E-state index is 9.26. The number of aliphatic hydroxyl groups is 4. The van der Waals surface area contributed by atoms with E-state index in [0.717, 1.165) is 0 Å². The summed E-state index contributed by atoms with van der Waals surface area (Å²) in [5.41, 5.74) is 2.11. The molecule has 0 radical (unpaired) electrons. The van der Waals surface area contributed by atoms with Gasteiger partial charge in [0, 0.05) is 0 Å². The van der Waals surface area contributed by atoms with Gasteiger partial charge in [-0.3, -0.25) is 5.84 Å². The van der Waals surface area contributed by atoms with Crippen LogP contribution in [0.2, 0.25) is 0 Å². The molecule has 0 aromatic rings. The van der Waals surface area contributed by atoms with E-state index < -0.39 is 37.3 Å². The van der Waals surface area contributed by atoms with Gasteiger partial charge in [0.2, 0.25) is 0 Å². The molecule has 0 aromatic heterocycles. The molecule has 13 heavy (non-hydrogen) atoms. The zero-order valence-electron chi connectivity index (χ0n) is 6.87. The number of nitrogens with two attached hydrogens (primary N) is 1.